The minimum Gasteiger partial charge on any atom is -0.457 e. The van der Waals surface area contributed by atoms with Crippen molar-refractivity contribution in [3.8, 4) is 11.5 Å². The average Bonchev–Trinajstić information content (AvgIpc) is 2.48. The quantitative estimate of drug-likeness (QED) is 0.746. The van der Waals surface area contributed by atoms with E-state index in [1.54, 1.807) is 0 Å². The molecule has 7 nitrogen and oxygen atoms in total. The molecular weight excluding hydrogens is 368 g/mol. The van der Waals surface area contributed by atoms with Gasteiger partial charge < -0.3 is 14.5 Å². The number of rotatable bonds is 2. The van der Waals surface area contributed by atoms with Crippen LogP contribution in [0, 0.1) is 6.92 Å². The van der Waals surface area contributed by atoms with Crippen molar-refractivity contribution in [1.82, 2.24) is 9.80 Å². The monoisotopic (exact) mass is 400 g/mol. The normalized spacial score (nSPS) is 9.89. The van der Waals surface area contributed by atoms with Crippen LogP contribution in [0.25, 0.3) is 0 Å². The Morgan fingerprint density at radius 3 is 1.33 bits per heavy atom. The van der Waals surface area contributed by atoms with Crippen LogP contribution in [0.4, 0.5) is 0 Å². The SMILES string of the molecule is CN(C)C.CN(C)C.Cc1ccc(Oc2ccccc2)cc1.O=S(=O)(O)O. The second-order valence-electron chi connectivity index (χ2n) is 6.36. The van der Waals surface area contributed by atoms with Crippen LogP contribution in [0.2, 0.25) is 0 Å². The Balaban J connectivity index is 0. The topological polar surface area (TPSA) is 90.3 Å². The van der Waals surface area contributed by atoms with Crippen LogP contribution >= 0.6 is 0 Å². The summed E-state index contributed by atoms with van der Waals surface area (Å²) in [4.78, 5) is 4.00. The lowest BCUT2D eigenvalue weighted by Crippen LogP contribution is -1.99. The third kappa shape index (κ3) is 29.1. The molecule has 0 aromatic heterocycles. The van der Waals surface area contributed by atoms with Gasteiger partial charge in [-0.2, -0.15) is 8.42 Å². The van der Waals surface area contributed by atoms with Crippen LogP contribution < -0.4 is 4.74 Å². The molecule has 0 amide bonds. The highest BCUT2D eigenvalue weighted by molar-refractivity contribution is 7.79. The molecule has 2 rings (SSSR count). The molecule has 0 bridgehead atoms. The van der Waals surface area contributed by atoms with Crippen LogP contribution in [-0.4, -0.2) is 69.6 Å². The van der Waals surface area contributed by atoms with Gasteiger partial charge in [0.1, 0.15) is 11.5 Å². The van der Waals surface area contributed by atoms with Crippen molar-refractivity contribution in [2.45, 2.75) is 6.92 Å². The minimum absolute atomic E-state index is 0.872. The molecule has 0 fully saturated rings. The van der Waals surface area contributed by atoms with Crippen molar-refractivity contribution in [1.29, 1.82) is 0 Å². The molecule has 0 radical (unpaired) electrons. The molecule has 2 aromatic rings. The summed E-state index contributed by atoms with van der Waals surface area (Å²) in [6, 6.07) is 17.8. The molecule has 0 saturated heterocycles. The number of aryl methyl sites for hydroxylation is 1. The number of hydrogen-bond acceptors (Lipinski definition) is 5. The van der Waals surface area contributed by atoms with Crippen molar-refractivity contribution < 1.29 is 22.3 Å². The molecule has 0 aliphatic carbocycles. The van der Waals surface area contributed by atoms with E-state index in [0.29, 0.717) is 0 Å². The van der Waals surface area contributed by atoms with Gasteiger partial charge in [0.15, 0.2) is 0 Å². The molecule has 0 atom stereocenters. The molecule has 0 aliphatic rings. The van der Waals surface area contributed by atoms with Crippen LogP contribution in [-0.2, 0) is 10.4 Å². The van der Waals surface area contributed by atoms with E-state index in [1.165, 1.54) is 5.56 Å². The van der Waals surface area contributed by atoms with E-state index in [0.717, 1.165) is 11.5 Å². The zero-order chi connectivity index (χ0) is 21.5. The second-order valence-corrected chi connectivity index (χ2v) is 7.25. The summed E-state index contributed by atoms with van der Waals surface area (Å²) in [6.45, 7) is 2.06. The van der Waals surface area contributed by atoms with Gasteiger partial charge in [0, 0.05) is 0 Å². The fourth-order valence-corrected chi connectivity index (χ4v) is 1.23. The predicted molar refractivity (Wildman–Crippen MR) is 111 cm³/mol. The number of nitrogens with zero attached hydrogens (tertiary/aromatic N) is 2. The summed E-state index contributed by atoms with van der Waals surface area (Å²) in [5.41, 5.74) is 1.24. The summed E-state index contributed by atoms with van der Waals surface area (Å²) in [6.07, 6.45) is 0. The zero-order valence-corrected chi connectivity index (χ0v) is 17.9. The number of benzene rings is 2. The highest BCUT2D eigenvalue weighted by atomic mass is 32.3. The highest BCUT2D eigenvalue weighted by Crippen LogP contribution is 2.20. The van der Waals surface area contributed by atoms with Gasteiger partial charge in [-0.25, -0.2) is 0 Å². The standard InChI is InChI=1S/C13H12O.2C3H9N.H2O4S/c1-11-7-9-13(10-8-11)14-12-5-3-2-4-6-12;2*1-4(2)3;1-5(2,3)4/h2-10H,1H3;2*1-3H3;(H2,1,2,3,4). The van der Waals surface area contributed by atoms with Crippen molar-refractivity contribution >= 4 is 10.4 Å². The van der Waals surface area contributed by atoms with Gasteiger partial charge in [-0.3, -0.25) is 9.11 Å². The Morgan fingerprint density at radius 2 is 1.00 bits per heavy atom. The van der Waals surface area contributed by atoms with Gasteiger partial charge in [-0.1, -0.05) is 35.9 Å². The van der Waals surface area contributed by atoms with Gasteiger partial charge in [-0.05, 0) is 73.5 Å². The lowest BCUT2D eigenvalue weighted by molar-refractivity contribution is 0.381. The van der Waals surface area contributed by atoms with Crippen LogP contribution in [0.5, 0.6) is 11.5 Å². The van der Waals surface area contributed by atoms with Crippen molar-refractivity contribution in [2.75, 3.05) is 42.3 Å². The largest absolute Gasteiger partial charge is 0.457 e. The molecule has 0 unspecified atom stereocenters. The minimum atomic E-state index is -4.67. The maximum atomic E-state index is 8.74. The van der Waals surface area contributed by atoms with Gasteiger partial charge in [0.05, 0.1) is 0 Å². The maximum absolute atomic E-state index is 8.74. The molecule has 0 aliphatic heterocycles. The molecule has 8 heteroatoms. The van der Waals surface area contributed by atoms with E-state index in [-0.39, 0.29) is 0 Å². The first-order valence-electron chi connectivity index (χ1n) is 8.02. The van der Waals surface area contributed by atoms with Crippen LogP contribution in [0.15, 0.2) is 54.6 Å². The average molecular weight is 401 g/mol. The first-order chi connectivity index (χ1) is 12.3. The third-order valence-corrected chi connectivity index (χ3v) is 2.00. The molecule has 2 N–H and O–H groups in total. The Bertz CT molecular complexity index is 668. The van der Waals surface area contributed by atoms with Gasteiger partial charge in [0.25, 0.3) is 0 Å². The molecule has 154 valence electrons. The first-order valence-corrected chi connectivity index (χ1v) is 9.42. The van der Waals surface area contributed by atoms with E-state index < -0.39 is 10.4 Å². The summed E-state index contributed by atoms with van der Waals surface area (Å²) in [7, 11) is 7.33. The highest BCUT2D eigenvalue weighted by Gasteiger charge is 1.94. The predicted octanol–water partition coefficient (Wildman–Crippen LogP) is 3.49. The summed E-state index contributed by atoms with van der Waals surface area (Å²) >= 11 is 0. The molecule has 0 heterocycles. The molecule has 27 heavy (non-hydrogen) atoms. The molecule has 0 spiro atoms. The van der Waals surface area contributed by atoms with Gasteiger partial charge in [-0.15, -0.1) is 0 Å². The van der Waals surface area contributed by atoms with E-state index in [1.807, 2.05) is 107 Å². The lowest BCUT2D eigenvalue weighted by atomic mass is 10.2. The Labute approximate surface area is 163 Å². The summed E-state index contributed by atoms with van der Waals surface area (Å²) in [5, 5.41) is 0. The Morgan fingerprint density at radius 1 is 0.704 bits per heavy atom. The smallest absolute Gasteiger partial charge is 0.394 e. The van der Waals surface area contributed by atoms with E-state index >= 15 is 0 Å². The Kier molecular flexibility index (Phi) is 15.3. The van der Waals surface area contributed by atoms with Crippen LogP contribution in [0.1, 0.15) is 5.56 Å². The van der Waals surface area contributed by atoms with Crippen molar-refractivity contribution in [3.05, 3.63) is 60.2 Å². The third-order valence-electron chi connectivity index (χ3n) is 2.00. The number of ether oxygens (including phenoxy) is 1. The maximum Gasteiger partial charge on any atom is 0.394 e. The van der Waals surface area contributed by atoms with Gasteiger partial charge >= 0.3 is 10.4 Å². The van der Waals surface area contributed by atoms with E-state index in [9.17, 15) is 0 Å². The summed E-state index contributed by atoms with van der Waals surface area (Å²) < 4.78 is 37.2. The van der Waals surface area contributed by atoms with Gasteiger partial charge in [0.2, 0.25) is 0 Å². The van der Waals surface area contributed by atoms with Crippen molar-refractivity contribution in [2.24, 2.45) is 0 Å². The van der Waals surface area contributed by atoms with Crippen LogP contribution in [0.3, 0.4) is 0 Å². The fraction of sp³-hybridized carbons (Fsp3) is 0.368. The number of hydrogen-bond donors (Lipinski definition) is 2. The van der Waals surface area contributed by atoms with Crippen molar-refractivity contribution in [3.63, 3.8) is 0 Å². The summed E-state index contributed by atoms with van der Waals surface area (Å²) in [5.74, 6) is 1.75. The second kappa shape index (κ2) is 15.1. The molecule has 2 aromatic carbocycles. The van der Waals surface area contributed by atoms with E-state index in [2.05, 4.69) is 6.92 Å². The van der Waals surface area contributed by atoms with E-state index in [4.69, 9.17) is 22.3 Å². The zero-order valence-electron chi connectivity index (χ0n) is 17.1. The first kappa shape index (κ1) is 27.3. The molecule has 0 saturated carbocycles. The Hall–Kier alpha value is -1.97. The molecular formula is C19H32N2O5S. The number of para-hydroxylation sites is 1. The fourth-order valence-electron chi connectivity index (χ4n) is 1.23. The lowest BCUT2D eigenvalue weighted by Gasteiger charge is -2.04.